The average molecular weight is 246 g/mol. The van der Waals surface area contributed by atoms with E-state index in [2.05, 4.69) is 29.3 Å². The minimum Gasteiger partial charge on any atom is -0.372 e. The van der Waals surface area contributed by atoms with Crippen LogP contribution in [0.5, 0.6) is 0 Å². The zero-order valence-electron chi connectivity index (χ0n) is 11.5. The molecular weight excluding hydrogens is 224 g/mol. The fourth-order valence-electron chi connectivity index (χ4n) is 2.24. The van der Waals surface area contributed by atoms with Gasteiger partial charge < -0.3 is 10.2 Å². The summed E-state index contributed by atoms with van der Waals surface area (Å²) in [5.41, 5.74) is 3.33. The normalized spacial score (nSPS) is 15.2. The first-order valence-electron chi connectivity index (χ1n) is 6.74. The molecular formula is C15H22N2O. The van der Waals surface area contributed by atoms with Crippen LogP contribution in [0.25, 0.3) is 0 Å². The standard InChI is InChI=1S/C15H22N2O/c1-11(2)15(18)16-14-7-6-13(10-12(14)3)17-8-4-5-9-17/h6-7,10-11H,4-5,8-9H2,1-3H3,(H,16,18). The van der Waals surface area contributed by atoms with Crippen LogP contribution in [0.4, 0.5) is 11.4 Å². The van der Waals surface area contributed by atoms with Crippen molar-refractivity contribution in [1.29, 1.82) is 0 Å². The Kier molecular flexibility index (Phi) is 3.90. The summed E-state index contributed by atoms with van der Waals surface area (Å²) in [6.07, 6.45) is 2.57. The molecule has 1 aromatic rings. The Morgan fingerprint density at radius 3 is 2.50 bits per heavy atom. The van der Waals surface area contributed by atoms with Crippen LogP contribution in [0.3, 0.4) is 0 Å². The highest BCUT2D eigenvalue weighted by Gasteiger charge is 2.14. The third kappa shape index (κ3) is 2.84. The summed E-state index contributed by atoms with van der Waals surface area (Å²) in [6, 6.07) is 6.29. The van der Waals surface area contributed by atoms with Crippen molar-refractivity contribution in [1.82, 2.24) is 0 Å². The number of nitrogens with zero attached hydrogens (tertiary/aromatic N) is 1. The van der Waals surface area contributed by atoms with Crippen molar-refractivity contribution < 1.29 is 4.79 Å². The maximum absolute atomic E-state index is 11.7. The second-order valence-corrected chi connectivity index (χ2v) is 5.34. The molecule has 0 saturated carbocycles. The van der Waals surface area contributed by atoms with E-state index in [1.807, 2.05) is 19.9 Å². The smallest absolute Gasteiger partial charge is 0.226 e. The zero-order chi connectivity index (χ0) is 13.1. The van der Waals surface area contributed by atoms with E-state index in [0.29, 0.717) is 0 Å². The lowest BCUT2D eigenvalue weighted by Gasteiger charge is -2.19. The lowest BCUT2D eigenvalue weighted by molar-refractivity contribution is -0.118. The zero-order valence-corrected chi connectivity index (χ0v) is 11.5. The van der Waals surface area contributed by atoms with Crippen LogP contribution in [-0.4, -0.2) is 19.0 Å². The highest BCUT2D eigenvalue weighted by molar-refractivity contribution is 5.93. The highest BCUT2D eigenvalue weighted by atomic mass is 16.1. The van der Waals surface area contributed by atoms with E-state index in [0.717, 1.165) is 24.3 Å². The Bertz CT molecular complexity index is 434. The van der Waals surface area contributed by atoms with Gasteiger partial charge in [0.05, 0.1) is 0 Å². The van der Waals surface area contributed by atoms with E-state index in [4.69, 9.17) is 0 Å². The molecule has 1 fully saturated rings. The van der Waals surface area contributed by atoms with Gasteiger partial charge in [0.1, 0.15) is 0 Å². The Balaban J connectivity index is 2.12. The summed E-state index contributed by atoms with van der Waals surface area (Å²) in [4.78, 5) is 14.1. The molecule has 18 heavy (non-hydrogen) atoms. The highest BCUT2D eigenvalue weighted by Crippen LogP contribution is 2.25. The van der Waals surface area contributed by atoms with Gasteiger partial charge in [-0.25, -0.2) is 0 Å². The molecule has 1 aromatic carbocycles. The quantitative estimate of drug-likeness (QED) is 0.888. The lowest BCUT2D eigenvalue weighted by Crippen LogP contribution is -2.20. The summed E-state index contributed by atoms with van der Waals surface area (Å²) < 4.78 is 0. The van der Waals surface area contributed by atoms with Crippen LogP contribution in [0.1, 0.15) is 32.3 Å². The van der Waals surface area contributed by atoms with Gasteiger partial charge in [0.25, 0.3) is 0 Å². The number of rotatable bonds is 3. The molecule has 2 rings (SSSR count). The number of hydrogen-bond acceptors (Lipinski definition) is 2. The summed E-state index contributed by atoms with van der Waals surface area (Å²) in [6.45, 7) is 8.16. The lowest BCUT2D eigenvalue weighted by atomic mass is 10.1. The van der Waals surface area contributed by atoms with Gasteiger partial charge in [0, 0.05) is 30.4 Å². The number of amides is 1. The minimum absolute atomic E-state index is 0.0164. The predicted octanol–water partition coefficient (Wildman–Crippen LogP) is 3.19. The molecule has 1 aliphatic heterocycles. The van der Waals surface area contributed by atoms with Gasteiger partial charge in [0.2, 0.25) is 5.91 Å². The number of aryl methyl sites for hydroxylation is 1. The minimum atomic E-state index is 0.0164. The Labute approximate surface area is 109 Å². The van der Waals surface area contributed by atoms with E-state index in [1.165, 1.54) is 18.5 Å². The molecule has 0 aromatic heterocycles. The molecule has 1 aliphatic rings. The van der Waals surface area contributed by atoms with Gasteiger partial charge in [-0.2, -0.15) is 0 Å². The Hall–Kier alpha value is -1.51. The molecule has 0 spiro atoms. The number of carbonyl (C=O) groups is 1. The average Bonchev–Trinajstić information content (AvgIpc) is 2.85. The summed E-state index contributed by atoms with van der Waals surface area (Å²) in [5.74, 6) is 0.0923. The van der Waals surface area contributed by atoms with Gasteiger partial charge in [-0.3, -0.25) is 4.79 Å². The van der Waals surface area contributed by atoms with Gasteiger partial charge in [-0.1, -0.05) is 13.8 Å². The maximum Gasteiger partial charge on any atom is 0.226 e. The van der Waals surface area contributed by atoms with Crippen molar-refractivity contribution in [3.8, 4) is 0 Å². The number of carbonyl (C=O) groups excluding carboxylic acids is 1. The fourth-order valence-corrected chi connectivity index (χ4v) is 2.24. The SMILES string of the molecule is Cc1cc(N2CCCC2)ccc1NC(=O)C(C)C. The van der Waals surface area contributed by atoms with Crippen molar-refractivity contribution in [2.24, 2.45) is 5.92 Å². The summed E-state index contributed by atoms with van der Waals surface area (Å²) in [5, 5.41) is 2.97. The van der Waals surface area contributed by atoms with Crippen LogP contribution in [0.2, 0.25) is 0 Å². The molecule has 0 aliphatic carbocycles. The first-order chi connectivity index (χ1) is 8.58. The van der Waals surface area contributed by atoms with Gasteiger partial charge in [-0.05, 0) is 43.5 Å². The van der Waals surface area contributed by atoms with Crippen LogP contribution in [0.15, 0.2) is 18.2 Å². The molecule has 0 atom stereocenters. The molecule has 98 valence electrons. The van der Waals surface area contributed by atoms with Crippen LogP contribution in [-0.2, 0) is 4.79 Å². The second-order valence-electron chi connectivity index (χ2n) is 5.34. The molecule has 1 amide bonds. The van der Waals surface area contributed by atoms with Gasteiger partial charge in [-0.15, -0.1) is 0 Å². The van der Waals surface area contributed by atoms with E-state index in [1.54, 1.807) is 0 Å². The van der Waals surface area contributed by atoms with Crippen LogP contribution in [0, 0.1) is 12.8 Å². The van der Waals surface area contributed by atoms with E-state index in [9.17, 15) is 4.79 Å². The second kappa shape index (κ2) is 5.42. The molecule has 0 bridgehead atoms. The summed E-state index contributed by atoms with van der Waals surface area (Å²) >= 11 is 0. The predicted molar refractivity (Wildman–Crippen MR) is 76.1 cm³/mol. The van der Waals surface area contributed by atoms with E-state index < -0.39 is 0 Å². The maximum atomic E-state index is 11.7. The largest absolute Gasteiger partial charge is 0.372 e. The number of benzene rings is 1. The van der Waals surface area contributed by atoms with Crippen molar-refractivity contribution >= 4 is 17.3 Å². The molecule has 0 radical (unpaired) electrons. The van der Waals surface area contributed by atoms with Crippen LogP contribution < -0.4 is 10.2 Å². The molecule has 1 heterocycles. The van der Waals surface area contributed by atoms with Crippen molar-refractivity contribution in [2.45, 2.75) is 33.6 Å². The molecule has 3 heteroatoms. The number of nitrogens with one attached hydrogen (secondary N) is 1. The van der Waals surface area contributed by atoms with Crippen molar-refractivity contribution in [3.63, 3.8) is 0 Å². The summed E-state index contributed by atoms with van der Waals surface area (Å²) in [7, 11) is 0. The third-order valence-corrected chi connectivity index (χ3v) is 3.46. The molecule has 1 saturated heterocycles. The first kappa shape index (κ1) is 12.9. The number of anilines is 2. The Morgan fingerprint density at radius 1 is 1.28 bits per heavy atom. The van der Waals surface area contributed by atoms with Gasteiger partial charge in [0.15, 0.2) is 0 Å². The van der Waals surface area contributed by atoms with Crippen molar-refractivity contribution in [2.75, 3.05) is 23.3 Å². The third-order valence-electron chi connectivity index (χ3n) is 3.46. The molecule has 1 N–H and O–H groups in total. The molecule has 3 nitrogen and oxygen atoms in total. The monoisotopic (exact) mass is 246 g/mol. The van der Waals surface area contributed by atoms with Crippen molar-refractivity contribution in [3.05, 3.63) is 23.8 Å². The first-order valence-corrected chi connectivity index (χ1v) is 6.74. The molecule has 0 unspecified atom stereocenters. The fraction of sp³-hybridized carbons (Fsp3) is 0.533. The number of hydrogen-bond donors (Lipinski definition) is 1. The van der Waals surface area contributed by atoms with E-state index in [-0.39, 0.29) is 11.8 Å². The Morgan fingerprint density at radius 2 is 1.94 bits per heavy atom. The van der Waals surface area contributed by atoms with E-state index >= 15 is 0 Å². The topological polar surface area (TPSA) is 32.3 Å². The van der Waals surface area contributed by atoms with Crippen LogP contribution >= 0.6 is 0 Å². The van der Waals surface area contributed by atoms with Gasteiger partial charge >= 0.3 is 0 Å².